The first-order chi connectivity index (χ1) is 9.20. The quantitative estimate of drug-likeness (QED) is 0.705. The highest BCUT2D eigenvalue weighted by atomic mass is 16.2. The SMILES string of the molecule is Nc1ccc(NC(=O)NC2CN3CCC2CC3)cc1. The second kappa shape index (κ2) is 5.09. The molecule has 19 heavy (non-hydrogen) atoms. The van der Waals surface area contributed by atoms with Crippen LogP contribution in [0.5, 0.6) is 0 Å². The number of anilines is 2. The third-order valence-electron chi connectivity index (χ3n) is 4.14. The summed E-state index contributed by atoms with van der Waals surface area (Å²) in [5.74, 6) is 0.641. The molecule has 4 N–H and O–H groups in total. The maximum Gasteiger partial charge on any atom is 0.319 e. The topological polar surface area (TPSA) is 70.4 Å². The van der Waals surface area contributed by atoms with Gasteiger partial charge >= 0.3 is 6.03 Å². The van der Waals surface area contributed by atoms with Gasteiger partial charge in [-0.3, -0.25) is 0 Å². The molecule has 3 heterocycles. The second-order valence-corrected chi connectivity index (χ2v) is 5.47. The Morgan fingerprint density at radius 2 is 1.89 bits per heavy atom. The van der Waals surface area contributed by atoms with Gasteiger partial charge in [0.15, 0.2) is 0 Å². The molecule has 3 aliphatic rings. The summed E-state index contributed by atoms with van der Waals surface area (Å²) in [6.45, 7) is 3.35. The number of amides is 2. The Morgan fingerprint density at radius 1 is 1.21 bits per heavy atom. The Balaban J connectivity index is 1.55. The van der Waals surface area contributed by atoms with Crippen LogP contribution in [-0.2, 0) is 0 Å². The Morgan fingerprint density at radius 3 is 2.47 bits per heavy atom. The third kappa shape index (κ3) is 2.81. The van der Waals surface area contributed by atoms with Crippen molar-refractivity contribution in [3.63, 3.8) is 0 Å². The molecule has 5 nitrogen and oxygen atoms in total. The smallest absolute Gasteiger partial charge is 0.319 e. The van der Waals surface area contributed by atoms with E-state index in [2.05, 4.69) is 15.5 Å². The lowest BCUT2D eigenvalue weighted by molar-refractivity contribution is 0.0777. The molecular weight excluding hydrogens is 240 g/mol. The van der Waals surface area contributed by atoms with Crippen molar-refractivity contribution >= 4 is 17.4 Å². The van der Waals surface area contributed by atoms with E-state index in [0.29, 0.717) is 11.6 Å². The van der Waals surface area contributed by atoms with Crippen molar-refractivity contribution in [3.8, 4) is 0 Å². The summed E-state index contributed by atoms with van der Waals surface area (Å²) in [6.07, 6.45) is 2.40. The van der Waals surface area contributed by atoms with Crippen LogP contribution in [0.2, 0.25) is 0 Å². The van der Waals surface area contributed by atoms with Crippen LogP contribution < -0.4 is 16.4 Å². The maximum absolute atomic E-state index is 12.0. The van der Waals surface area contributed by atoms with Crippen molar-refractivity contribution in [2.24, 2.45) is 5.92 Å². The van der Waals surface area contributed by atoms with Gasteiger partial charge in [0, 0.05) is 24.0 Å². The van der Waals surface area contributed by atoms with E-state index in [1.54, 1.807) is 12.1 Å². The third-order valence-corrected chi connectivity index (χ3v) is 4.14. The molecule has 2 bridgehead atoms. The molecule has 3 aliphatic heterocycles. The van der Waals surface area contributed by atoms with Gasteiger partial charge in [0.25, 0.3) is 0 Å². The number of carbonyl (C=O) groups excluding carboxylic acids is 1. The summed E-state index contributed by atoms with van der Waals surface area (Å²) in [7, 11) is 0. The second-order valence-electron chi connectivity index (χ2n) is 5.47. The van der Waals surface area contributed by atoms with E-state index in [-0.39, 0.29) is 12.1 Å². The molecule has 1 aromatic rings. The Hall–Kier alpha value is -1.75. The number of hydrogen-bond donors (Lipinski definition) is 3. The molecule has 0 aliphatic carbocycles. The number of nitrogens with zero attached hydrogens (tertiary/aromatic N) is 1. The van der Waals surface area contributed by atoms with Gasteiger partial charge < -0.3 is 21.3 Å². The number of nitrogen functional groups attached to an aromatic ring is 1. The van der Waals surface area contributed by atoms with E-state index in [4.69, 9.17) is 5.73 Å². The minimum absolute atomic E-state index is 0.122. The number of nitrogens with two attached hydrogens (primary N) is 1. The molecule has 1 atom stereocenters. The van der Waals surface area contributed by atoms with E-state index in [1.807, 2.05) is 12.1 Å². The van der Waals surface area contributed by atoms with Crippen LogP contribution >= 0.6 is 0 Å². The van der Waals surface area contributed by atoms with Gasteiger partial charge in [-0.15, -0.1) is 0 Å². The summed E-state index contributed by atoms with van der Waals surface area (Å²) in [4.78, 5) is 14.4. The predicted octanol–water partition coefficient (Wildman–Crippen LogP) is 1.48. The standard InChI is InChI=1S/C14H20N4O/c15-11-1-3-12(4-2-11)16-14(19)17-13-9-18-7-5-10(13)6-8-18/h1-4,10,13H,5-9,15H2,(H2,16,17,19). The highest BCUT2D eigenvalue weighted by molar-refractivity contribution is 5.89. The van der Waals surface area contributed by atoms with Crippen LogP contribution in [0.25, 0.3) is 0 Å². The zero-order chi connectivity index (χ0) is 13.2. The highest BCUT2D eigenvalue weighted by Gasteiger charge is 2.34. The van der Waals surface area contributed by atoms with Gasteiger partial charge in [-0.05, 0) is 56.1 Å². The van der Waals surface area contributed by atoms with Gasteiger partial charge in [-0.25, -0.2) is 4.79 Å². The number of hydrogen-bond acceptors (Lipinski definition) is 3. The molecule has 1 unspecified atom stereocenters. The molecule has 3 fully saturated rings. The fourth-order valence-corrected chi connectivity index (χ4v) is 3.03. The minimum atomic E-state index is -0.122. The van der Waals surface area contributed by atoms with E-state index in [1.165, 1.54) is 25.9 Å². The van der Waals surface area contributed by atoms with Crippen LogP contribution in [0.3, 0.4) is 0 Å². The van der Waals surface area contributed by atoms with Crippen molar-refractivity contribution in [2.45, 2.75) is 18.9 Å². The predicted molar refractivity (Wildman–Crippen MR) is 76.0 cm³/mol. The van der Waals surface area contributed by atoms with Crippen molar-refractivity contribution in [2.75, 3.05) is 30.7 Å². The molecule has 0 aromatic heterocycles. The first kappa shape index (κ1) is 12.3. The first-order valence-electron chi connectivity index (χ1n) is 6.86. The Labute approximate surface area is 113 Å². The summed E-state index contributed by atoms with van der Waals surface area (Å²) >= 11 is 0. The van der Waals surface area contributed by atoms with Crippen molar-refractivity contribution in [3.05, 3.63) is 24.3 Å². The zero-order valence-corrected chi connectivity index (χ0v) is 10.9. The lowest BCUT2D eigenvalue weighted by Gasteiger charge is -2.44. The molecule has 3 saturated heterocycles. The van der Waals surface area contributed by atoms with Gasteiger partial charge in [0.1, 0.15) is 0 Å². The molecule has 0 saturated carbocycles. The van der Waals surface area contributed by atoms with E-state index < -0.39 is 0 Å². The minimum Gasteiger partial charge on any atom is -0.399 e. The molecule has 0 radical (unpaired) electrons. The Kier molecular flexibility index (Phi) is 3.29. The van der Waals surface area contributed by atoms with E-state index >= 15 is 0 Å². The summed E-state index contributed by atoms with van der Waals surface area (Å²) < 4.78 is 0. The highest BCUT2D eigenvalue weighted by Crippen LogP contribution is 2.27. The van der Waals surface area contributed by atoms with Crippen molar-refractivity contribution < 1.29 is 4.79 Å². The average molecular weight is 260 g/mol. The van der Waals surface area contributed by atoms with Crippen LogP contribution in [0.4, 0.5) is 16.2 Å². The van der Waals surface area contributed by atoms with Crippen LogP contribution in [-0.4, -0.2) is 36.6 Å². The van der Waals surface area contributed by atoms with Crippen molar-refractivity contribution in [1.29, 1.82) is 0 Å². The normalized spacial score (nSPS) is 28.9. The number of benzene rings is 1. The Bertz CT molecular complexity index is 451. The molecule has 4 rings (SSSR count). The molecule has 2 amide bonds. The molecular formula is C14H20N4O. The summed E-state index contributed by atoms with van der Waals surface area (Å²) in [5.41, 5.74) is 7.08. The summed E-state index contributed by atoms with van der Waals surface area (Å²) in [5, 5.41) is 5.94. The van der Waals surface area contributed by atoms with Crippen LogP contribution in [0.15, 0.2) is 24.3 Å². The van der Waals surface area contributed by atoms with Crippen LogP contribution in [0, 0.1) is 5.92 Å². The van der Waals surface area contributed by atoms with E-state index in [9.17, 15) is 4.79 Å². The molecule has 102 valence electrons. The van der Waals surface area contributed by atoms with Gasteiger partial charge in [-0.2, -0.15) is 0 Å². The lowest BCUT2D eigenvalue weighted by atomic mass is 9.84. The fourth-order valence-electron chi connectivity index (χ4n) is 3.03. The molecule has 0 spiro atoms. The number of carbonyl (C=O) groups is 1. The number of piperidine rings is 3. The lowest BCUT2D eigenvalue weighted by Crippen LogP contribution is -2.57. The molecule has 5 heteroatoms. The summed E-state index contributed by atoms with van der Waals surface area (Å²) in [6, 6.07) is 7.35. The molecule has 1 aromatic carbocycles. The van der Waals surface area contributed by atoms with Crippen molar-refractivity contribution in [1.82, 2.24) is 10.2 Å². The fraction of sp³-hybridized carbons (Fsp3) is 0.500. The number of rotatable bonds is 2. The zero-order valence-electron chi connectivity index (χ0n) is 10.9. The first-order valence-corrected chi connectivity index (χ1v) is 6.86. The van der Waals surface area contributed by atoms with Gasteiger partial charge in [0.05, 0.1) is 0 Å². The average Bonchev–Trinajstić information content (AvgIpc) is 2.43. The van der Waals surface area contributed by atoms with E-state index in [0.717, 1.165) is 12.2 Å². The van der Waals surface area contributed by atoms with Gasteiger partial charge in [0.2, 0.25) is 0 Å². The monoisotopic (exact) mass is 260 g/mol. The number of urea groups is 1. The number of nitrogens with one attached hydrogen (secondary N) is 2. The maximum atomic E-state index is 12.0. The number of fused-ring (bicyclic) bond motifs is 3. The van der Waals surface area contributed by atoms with Crippen LogP contribution in [0.1, 0.15) is 12.8 Å². The van der Waals surface area contributed by atoms with Gasteiger partial charge in [-0.1, -0.05) is 0 Å². The largest absolute Gasteiger partial charge is 0.399 e.